The lowest BCUT2D eigenvalue weighted by Gasteiger charge is -2.42. The second kappa shape index (κ2) is 14.3. The molecule has 0 amide bonds. The largest absolute Gasteiger partial charge is 0.463 e. The summed E-state index contributed by atoms with van der Waals surface area (Å²) in [5, 5.41) is 3.40. The van der Waals surface area contributed by atoms with Gasteiger partial charge in [0, 0.05) is 25.2 Å². The van der Waals surface area contributed by atoms with Crippen molar-refractivity contribution in [3.8, 4) is 0 Å². The van der Waals surface area contributed by atoms with Crippen molar-refractivity contribution < 1.29 is 23.0 Å². The summed E-state index contributed by atoms with van der Waals surface area (Å²) in [4.78, 5) is 14.6. The molecule has 5 rings (SSSR count). The zero-order chi connectivity index (χ0) is 29.3. The molecule has 1 aliphatic rings. The molecule has 1 heterocycles. The van der Waals surface area contributed by atoms with Gasteiger partial charge in [-0.3, -0.25) is 15.0 Å². The van der Waals surface area contributed by atoms with Crippen LogP contribution < -0.4 is 5.32 Å². The molecule has 42 heavy (non-hydrogen) atoms. The Labute approximate surface area is 246 Å². The van der Waals surface area contributed by atoms with Gasteiger partial charge in [0.25, 0.3) is 0 Å². The van der Waals surface area contributed by atoms with Crippen molar-refractivity contribution in [2.45, 2.75) is 57.3 Å². The molecule has 1 fully saturated rings. The minimum atomic E-state index is -0.624. The van der Waals surface area contributed by atoms with Gasteiger partial charge >= 0.3 is 5.97 Å². The van der Waals surface area contributed by atoms with Gasteiger partial charge in [-0.05, 0) is 47.7 Å². The second-order valence-electron chi connectivity index (χ2n) is 10.8. The summed E-state index contributed by atoms with van der Waals surface area (Å²) in [5.74, 6) is -1.56. The first kappa shape index (κ1) is 29.6. The summed E-state index contributed by atoms with van der Waals surface area (Å²) < 4.78 is 41.2. The van der Waals surface area contributed by atoms with Crippen LogP contribution in [0.25, 0.3) is 0 Å². The van der Waals surface area contributed by atoms with E-state index in [9.17, 15) is 13.6 Å². The zero-order valence-corrected chi connectivity index (χ0v) is 23.7. The number of carbonyl (C=O) groups excluding carboxylic acids is 1. The fourth-order valence-corrected chi connectivity index (χ4v) is 5.54. The number of morpholine rings is 1. The van der Waals surface area contributed by atoms with E-state index in [0.29, 0.717) is 31.7 Å². The van der Waals surface area contributed by atoms with Crippen molar-refractivity contribution in [1.29, 1.82) is 0 Å². The first-order valence-corrected chi connectivity index (χ1v) is 14.3. The highest BCUT2D eigenvalue weighted by molar-refractivity contribution is 5.76. The first-order chi connectivity index (χ1) is 20.4. The summed E-state index contributed by atoms with van der Waals surface area (Å²) in [6, 6.07) is 32.5. The van der Waals surface area contributed by atoms with Crippen LogP contribution in [-0.4, -0.2) is 41.7 Å². The van der Waals surface area contributed by atoms with Crippen LogP contribution in [0.3, 0.4) is 0 Å². The maximum atomic E-state index is 14.4. The van der Waals surface area contributed by atoms with Gasteiger partial charge < -0.3 is 9.47 Å². The lowest BCUT2D eigenvalue weighted by Crippen LogP contribution is -2.61. The maximum absolute atomic E-state index is 14.4. The molecular formula is C35H36F2N2O3. The van der Waals surface area contributed by atoms with Gasteiger partial charge in [-0.25, -0.2) is 8.78 Å². The first-order valence-electron chi connectivity index (χ1n) is 14.3. The average molecular weight is 571 g/mol. The number of nitrogens with zero attached hydrogens (tertiary/aromatic N) is 1. The predicted octanol–water partition coefficient (Wildman–Crippen LogP) is 6.07. The number of esters is 1. The van der Waals surface area contributed by atoms with Gasteiger partial charge in [-0.2, -0.15) is 0 Å². The van der Waals surface area contributed by atoms with Crippen molar-refractivity contribution in [3.63, 3.8) is 0 Å². The minimum Gasteiger partial charge on any atom is -0.463 e. The van der Waals surface area contributed by atoms with Crippen molar-refractivity contribution in [3.05, 3.63) is 143 Å². The van der Waals surface area contributed by atoms with E-state index >= 15 is 0 Å². The minimum absolute atomic E-state index is 0.126. The Morgan fingerprint density at radius 1 is 0.810 bits per heavy atom. The summed E-state index contributed by atoms with van der Waals surface area (Å²) in [6.07, 6.45) is -0.187. The molecule has 1 N–H and O–H groups in total. The molecule has 0 spiro atoms. The Balaban J connectivity index is 1.57. The molecule has 7 heteroatoms. The van der Waals surface area contributed by atoms with Gasteiger partial charge in [0.15, 0.2) is 0 Å². The highest BCUT2D eigenvalue weighted by Crippen LogP contribution is 2.26. The zero-order valence-electron chi connectivity index (χ0n) is 23.7. The van der Waals surface area contributed by atoms with Crippen LogP contribution in [0.2, 0.25) is 0 Å². The quantitative estimate of drug-likeness (QED) is 0.210. The van der Waals surface area contributed by atoms with Crippen LogP contribution in [0.5, 0.6) is 0 Å². The van der Waals surface area contributed by atoms with Crippen LogP contribution >= 0.6 is 0 Å². The van der Waals surface area contributed by atoms with Crippen LogP contribution in [0.1, 0.15) is 29.2 Å². The topological polar surface area (TPSA) is 50.8 Å². The fourth-order valence-electron chi connectivity index (χ4n) is 5.54. The number of cyclic esters (lactones) is 1. The van der Waals surface area contributed by atoms with Gasteiger partial charge in [-0.1, -0.05) is 91.0 Å². The molecule has 0 aliphatic carbocycles. The molecule has 4 aromatic rings. The summed E-state index contributed by atoms with van der Waals surface area (Å²) in [6.45, 7) is 3.37. The molecule has 1 saturated heterocycles. The molecule has 4 atom stereocenters. The number of carbonyl (C=O) groups is 1. The van der Waals surface area contributed by atoms with E-state index in [1.165, 1.54) is 12.1 Å². The summed E-state index contributed by atoms with van der Waals surface area (Å²) in [7, 11) is 0. The average Bonchev–Trinajstić information content (AvgIpc) is 2.99. The number of nitrogens with one attached hydrogen (secondary N) is 1. The molecule has 5 nitrogen and oxygen atoms in total. The van der Waals surface area contributed by atoms with Crippen molar-refractivity contribution in [1.82, 2.24) is 10.2 Å². The molecule has 0 saturated carbocycles. The highest BCUT2D eigenvalue weighted by atomic mass is 19.1. The second-order valence-corrected chi connectivity index (χ2v) is 10.8. The molecule has 4 aromatic carbocycles. The van der Waals surface area contributed by atoms with E-state index in [1.54, 1.807) is 6.92 Å². The number of hydrogen-bond acceptors (Lipinski definition) is 5. The Morgan fingerprint density at radius 2 is 1.33 bits per heavy atom. The standard InChI is InChI=1S/C35H36F2N2O3/c1-25-35(40)42-24-32(38-25)34(41-23-28-15-9-4-10-16-28)33(19-29-17-30(36)20-31(37)18-29)39(21-26-11-5-2-6-12-26)22-27-13-7-3-8-14-27/h2-18,20,25,32-34,38H,19,21-24H2,1H3/t25-,32+,33-,34-/m0/s1. The van der Waals surface area contributed by atoms with E-state index in [1.807, 2.05) is 66.7 Å². The van der Waals surface area contributed by atoms with Crippen LogP contribution in [0, 0.1) is 11.6 Å². The number of halogens is 2. The van der Waals surface area contributed by atoms with E-state index < -0.39 is 23.8 Å². The lowest BCUT2D eigenvalue weighted by molar-refractivity contribution is -0.156. The third-order valence-corrected chi connectivity index (χ3v) is 7.58. The lowest BCUT2D eigenvalue weighted by atomic mass is 9.92. The highest BCUT2D eigenvalue weighted by Gasteiger charge is 2.39. The number of hydrogen-bond donors (Lipinski definition) is 1. The molecule has 1 aliphatic heterocycles. The molecule has 0 radical (unpaired) electrons. The van der Waals surface area contributed by atoms with Gasteiger partial charge in [0.05, 0.1) is 18.8 Å². The Hall–Kier alpha value is -3.91. The summed E-state index contributed by atoms with van der Waals surface area (Å²) >= 11 is 0. The molecule has 0 aromatic heterocycles. The normalized spacial score (nSPS) is 18.4. The van der Waals surface area contributed by atoms with E-state index in [0.717, 1.165) is 22.8 Å². The number of rotatable bonds is 12. The predicted molar refractivity (Wildman–Crippen MR) is 158 cm³/mol. The Morgan fingerprint density at radius 3 is 1.86 bits per heavy atom. The van der Waals surface area contributed by atoms with E-state index in [2.05, 4.69) is 34.5 Å². The van der Waals surface area contributed by atoms with Crippen molar-refractivity contribution >= 4 is 5.97 Å². The molecule has 0 bridgehead atoms. The smallest absolute Gasteiger partial charge is 0.322 e. The van der Waals surface area contributed by atoms with Gasteiger partial charge in [0.1, 0.15) is 24.3 Å². The van der Waals surface area contributed by atoms with E-state index in [-0.39, 0.29) is 24.7 Å². The number of benzene rings is 4. The van der Waals surface area contributed by atoms with Crippen LogP contribution in [0.15, 0.2) is 109 Å². The van der Waals surface area contributed by atoms with Crippen LogP contribution in [-0.2, 0) is 40.4 Å². The van der Waals surface area contributed by atoms with Gasteiger partial charge in [-0.15, -0.1) is 0 Å². The Bertz CT molecular complexity index is 1360. The third kappa shape index (κ3) is 8.10. The van der Waals surface area contributed by atoms with Crippen molar-refractivity contribution in [2.24, 2.45) is 0 Å². The SMILES string of the molecule is C[C@@H]1N[C@@H]([C@H](OCc2ccccc2)[C@H](Cc2cc(F)cc(F)c2)N(Cc2ccccc2)Cc2ccccc2)COC1=O. The third-order valence-electron chi connectivity index (χ3n) is 7.58. The Kier molecular flexibility index (Phi) is 10.1. The monoisotopic (exact) mass is 570 g/mol. The van der Waals surface area contributed by atoms with Crippen molar-refractivity contribution in [2.75, 3.05) is 6.61 Å². The molecule has 218 valence electrons. The van der Waals surface area contributed by atoms with E-state index in [4.69, 9.17) is 9.47 Å². The molecular weight excluding hydrogens is 534 g/mol. The maximum Gasteiger partial charge on any atom is 0.322 e. The van der Waals surface area contributed by atoms with Crippen LogP contribution in [0.4, 0.5) is 8.78 Å². The van der Waals surface area contributed by atoms with Gasteiger partial charge in [0.2, 0.25) is 0 Å². The molecule has 0 unspecified atom stereocenters. The summed E-state index contributed by atoms with van der Waals surface area (Å²) in [5.41, 5.74) is 3.72. The number of ether oxygens (including phenoxy) is 2. The fraction of sp³-hybridized carbons (Fsp3) is 0.286.